The average molecular weight is 225 g/mol. The topological polar surface area (TPSA) is 44.4 Å². The minimum atomic E-state index is -0.0409. The lowest BCUT2D eigenvalue weighted by molar-refractivity contribution is -0.125. The molecule has 1 amide bonds. The lowest BCUT2D eigenvalue weighted by Gasteiger charge is -2.29. The quantitative estimate of drug-likeness (QED) is 0.642. The standard InChI is InChI=1S/C12H23N3O/c1-4-7-14-12(16)10(2)15-8-5-6-11(15)9-13-3/h4,10-11,13H,1,5-9H2,2-3H3,(H,14,16). The van der Waals surface area contributed by atoms with Crippen molar-refractivity contribution in [2.45, 2.75) is 31.8 Å². The largest absolute Gasteiger partial charge is 0.351 e. The van der Waals surface area contributed by atoms with E-state index in [4.69, 9.17) is 0 Å². The highest BCUT2D eigenvalue weighted by Gasteiger charge is 2.31. The predicted molar refractivity (Wildman–Crippen MR) is 66.3 cm³/mol. The van der Waals surface area contributed by atoms with Crippen LogP contribution in [0.25, 0.3) is 0 Å². The van der Waals surface area contributed by atoms with Crippen molar-refractivity contribution in [3.63, 3.8) is 0 Å². The second-order valence-corrected chi connectivity index (χ2v) is 4.30. The van der Waals surface area contributed by atoms with E-state index in [-0.39, 0.29) is 11.9 Å². The molecule has 1 rings (SSSR count). The van der Waals surface area contributed by atoms with Gasteiger partial charge < -0.3 is 10.6 Å². The van der Waals surface area contributed by atoms with Crippen LogP contribution in [0.2, 0.25) is 0 Å². The van der Waals surface area contributed by atoms with Gasteiger partial charge in [0.2, 0.25) is 5.91 Å². The molecule has 2 unspecified atom stereocenters. The molecule has 0 saturated carbocycles. The van der Waals surface area contributed by atoms with E-state index in [1.165, 1.54) is 12.8 Å². The Hall–Kier alpha value is -0.870. The number of likely N-dealkylation sites (tertiary alicyclic amines) is 1. The number of hydrogen-bond acceptors (Lipinski definition) is 3. The Kier molecular flexibility index (Phi) is 5.49. The molecule has 92 valence electrons. The van der Waals surface area contributed by atoms with Gasteiger partial charge in [0.25, 0.3) is 0 Å². The molecule has 2 N–H and O–H groups in total. The number of amides is 1. The van der Waals surface area contributed by atoms with E-state index in [1.807, 2.05) is 14.0 Å². The minimum Gasteiger partial charge on any atom is -0.351 e. The van der Waals surface area contributed by atoms with Crippen molar-refractivity contribution >= 4 is 5.91 Å². The van der Waals surface area contributed by atoms with Crippen molar-refractivity contribution < 1.29 is 4.79 Å². The second-order valence-electron chi connectivity index (χ2n) is 4.30. The SMILES string of the molecule is C=CCNC(=O)C(C)N1CCCC1CNC. The maximum absolute atomic E-state index is 11.8. The number of nitrogens with zero attached hydrogens (tertiary/aromatic N) is 1. The van der Waals surface area contributed by atoms with Crippen molar-refractivity contribution in [2.75, 3.05) is 26.7 Å². The first-order valence-corrected chi connectivity index (χ1v) is 5.99. The summed E-state index contributed by atoms with van der Waals surface area (Å²) in [5.41, 5.74) is 0. The van der Waals surface area contributed by atoms with E-state index in [2.05, 4.69) is 22.1 Å². The average Bonchev–Trinajstić information content (AvgIpc) is 2.73. The molecule has 0 aliphatic carbocycles. The van der Waals surface area contributed by atoms with Gasteiger partial charge in [-0.2, -0.15) is 0 Å². The fourth-order valence-corrected chi connectivity index (χ4v) is 2.29. The summed E-state index contributed by atoms with van der Waals surface area (Å²) in [6, 6.07) is 0.454. The monoisotopic (exact) mass is 225 g/mol. The highest BCUT2D eigenvalue weighted by atomic mass is 16.2. The van der Waals surface area contributed by atoms with Crippen molar-refractivity contribution in [3.8, 4) is 0 Å². The lowest BCUT2D eigenvalue weighted by atomic mass is 10.2. The number of carbonyl (C=O) groups excluding carboxylic acids is 1. The van der Waals surface area contributed by atoms with Crippen LogP contribution in [0.15, 0.2) is 12.7 Å². The third-order valence-corrected chi connectivity index (χ3v) is 3.16. The van der Waals surface area contributed by atoms with Crippen molar-refractivity contribution in [1.82, 2.24) is 15.5 Å². The Balaban J connectivity index is 2.47. The van der Waals surface area contributed by atoms with Gasteiger partial charge in [0.1, 0.15) is 0 Å². The Labute approximate surface area is 98.1 Å². The lowest BCUT2D eigenvalue weighted by Crippen LogP contribution is -2.49. The molecule has 0 spiro atoms. The Morgan fingerprint density at radius 1 is 1.69 bits per heavy atom. The first-order valence-electron chi connectivity index (χ1n) is 5.99. The van der Waals surface area contributed by atoms with Crippen LogP contribution in [0.3, 0.4) is 0 Å². The summed E-state index contributed by atoms with van der Waals surface area (Å²) < 4.78 is 0. The van der Waals surface area contributed by atoms with Gasteiger partial charge >= 0.3 is 0 Å². The van der Waals surface area contributed by atoms with Crippen LogP contribution in [0, 0.1) is 0 Å². The number of likely N-dealkylation sites (N-methyl/N-ethyl adjacent to an activating group) is 1. The van der Waals surface area contributed by atoms with E-state index in [1.54, 1.807) is 6.08 Å². The van der Waals surface area contributed by atoms with Gasteiger partial charge in [0.15, 0.2) is 0 Å². The van der Waals surface area contributed by atoms with Gasteiger partial charge in [-0.05, 0) is 33.4 Å². The molecule has 0 aromatic rings. The van der Waals surface area contributed by atoms with E-state index in [9.17, 15) is 4.79 Å². The van der Waals surface area contributed by atoms with Gasteiger partial charge in [-0.15, -0.1) is 6.58 Å². The molecule has 16 heavy (non-hydrogen) atoms. The molecule has 1 aliphatic rings. The van der Waals surface area contributed by atoms with Crippen LogP contribution in [-0.4, -0.2) is 49.6 Å². The molecular weight excluding hydrogens is 202 g/mol. The molecule has 4 nitrogen and oxygen atoms in total. The van der Waals surface area contributed by atoms with Crippen molar-refractivity contribution in [1.29, 1.82) is 0 Å². The highest BCUT2D eigenvalue weighted by molar-refractivity contribution is 5.81. The highest BCUT2D eigenvalue weighted by Crippen LogP contribution is 2.19. The Morgan fingerprint density at radius 3 is 3.06 bits per heavy atom. The van der Waals surface area contributed by atoms with Crippen LogP contribution in [-0.2, 0) is 4.79 Å². The van der Waals surface area contributed by atoms with Crippen molar-refractivity contribution in [3.05, 3.63) is 12.7 Å². The maximum Gasteiger partial charge on any atom is 0.237 e. The van der Waals surface area contributed by atoms with Gasteiger partial charge in [0.05, 0.1) is 6.04 Å². The normalized spacial score (nSPS) is 23.0. The fourth-order valence-electron chi connectivity index (χ4n) is 2.29. The third kappa shape index (κ3) is 3.32. The summed E-state index contributed by atoms with van der Waals surface area (Å²) in [6.07, 6.45) is 4.07. The van der Waals surface area contributed by atoms with E-state index in [0.717, 1.165) is 13.1 Å². The minimum absolute atomic E-state index is 0.0409. The van der Waals surface area contributed by atoms with Crippen LogP contribution in [0.4, 0.5) is 0 Å². The van der Waals surface area contributed by atoms with E-state index >= 15 is 0 Å². The number of rotatable bonds is 6. The molecule has 2 atom stereocenters. The van der Waals surface area contributed by atoms with E-state index in [0.29, 0.717) is 12.6 Å². The summed E-state index contributed by atoms with van der Waals surface area (Å²) in [5.74, 6) is 0.0999. The van der Waals surface area contributed by atoms with Crippen LogP contribution in [0.5, 0.6) is 0 Å². The fraction of sp³-hybridized carbons (Fsp3) is 0.750. The van der Waals surface area contributed by atoms with Gasteiger partial charge in [-0.3, -0.25) is 9.69 Å². The summed E-state index contributed by atoms with van der Waals surface area (Å²) in [4.78, 5) is 14.1. The first kappa shape index (κ1) is 13.2. The molecule has 1 heterocycles. The zero-order valence-electron chi connectivity index (χ0n) is 10.3. The summed E-state index contributed by atoms with van der Waals surface area (Å²) in [7, 11) is 1.96. The molecule has 4 heteroatoms. The van der Waals surface area contributed by atoms with E-state index < -0.39 is 0 Å². The van der Waals surface area contributed by atoms with Crippen molar-refractivity contribution in [2.24, 2.45) is 0 Å². The number of nitrogens with one attached hydrogen (secondary N) is 2. The molecule has 1 saturated heterocycles. The Morgan fingerprint density at radius 2 is 2.44 bits per heavy atom. The van der Waals surface area contributed by atoms with Crippen LogP contribution < -0.4 is 10.6 Å². The smallest absolute Gasteiger partial charge is 0.237 e. The van der Waals surface area contributed by atoms with Gasteiger partial charge in [0, 0.05) is 19.1 Å². The number of carbonyl (C=O) groups is 1. The molecular formula is C12H23N3O. The molecule has 0 bridgehead atoms. The van der Waals surface area contributed by atoms with Gasteiger partial charge in [-0.1, -0.05) is 6.08 Å². The summed E-state index contributed by atoms with van der Waals surface area (Å²) in [6.45, 7) is 8.10. The molecule has 1 aliphatic heterocycles. The zero-order chi connectivity index (χ0) is 12.0. The van der Waals surface area contributed by atoms with Crippen LogP contribution >= 0.6 is 0 Å². The molecule has 0 aromatic carbocycles. The summed E-state index contributed by atoms with van der Waals surface area (Å²) in [5, 5.41) is 6.04. The molecule has 1 fully saturated rings. The van der Waals surface area contributed by atoms with Crippen LogP contribution in [0.1, 0.15) is 19.8 Å². The van der Waals surface area contributed by atoms with Gasteiger partial charge in [-0.25, -0.2) is 0 Å². The molecule has 0 aromatic heterocycles. The Bertz CT molecular complexity index is 242. The summed E-state index contributed by atoms with van der Waals surface area (Å²) >= 11 is 0. The zero-order valence-corrected chi connectivity index (χ0v) is 10.3. The molecule has 0 radical (unpaired) electrons. The predicted octanol–water partition coefficient (Wildman–Crippen LogP) is 0.361. The first-order chi connectivity index (χ1) is 7.70. The second kappa shape index (κ2) is 6.66. The number of hydrogen-bond donors (Lipinski definition) is 2. The maximum atomic E-state index is 11.8. The third-order valence-electron chi connectivity index (χ3n) is 3.16.